The van der Waals surface area contributed by atoms with Crippen LogP contribution in [-0.2, 0) is 4.79 Å². The van der Waals surface area contributed by atoms with Gasteiger partial charge in [-0.05, 0) is 45.3 Å². The lowest BCUT2D eigenvalue weighted by Gasteiger charge is -2.30. The van der Waals surface area contributed by atoms with E-state index in [1.54, 1.807) is 31.2 Å². The highest BCUT2D eigenvalue weighted by molar-refractivity contribution is 6.58. The van der Waals surface area contributed by atoms with E-state index in [2.05, 4.69) is 5.32 Å². The van der Waals surface area contributed by atoms with Crippen molar-refractivity contribution in [2.45, 2.75) is 26.7 Å². The number of amides is 1. The van der Waals surface area contributed by atoms with Crippen LogP contribution in [0.4, 0.5) is 8.63 Å². The average molecular weight is 362 g/mol. The maximum absolute atomic E-state index is 15.2. The van der Waals surface area contributed by atoms with Gasteiger partial charge in [0.2, 0.25) is 5.91 Å². The number of hydrogen-bond acceptors (Lipinski definition) is 2. The van der Waals surface area contributed by atoms with E-state index in [1.165, 1.54) is 0 Å². The third-order valence-electron chi connectivity index (χ3n) is 4.90. The number of rotatable bonds is 6. The molecule has 1 aromatic heterocycles. The minimum Gasteiger partial charge on any atom is -0.394 e. The van der Waals surface area contributed by atoms with Crippen LogP contribution in [0.25, 0.3) is 6.08 Å². The summed E-state index contributed by atoms with van der Waals surface area (Å²) in [5.41, 5.74) is 2.93. The highest BCUT2D eigenvalue weighted by Gasteiger charge is 2.52. The topological polar surface area (TPSA) is 40.3 Å². The van der Waals surface area contributed by atoms with Crippen LogP contribution in [0, 0.1) is 13.8 Å². The Morgan fingerprint density at radius 3 is 2.73 bits per heavy atom. The van der Waals surface area contributed by atoms with E-state index in [0.29, 0.717) is 29.3 Å². The molecule has 1 N–H and O–H groups in total. The summed E-state index contributed by atoms with van der Waals surface area (Å²) in [6.45, 7) is 0.893. The van der Waals surface area contributed by atoms with Gasteiger partial charge in [0.05, 0.1) is 0 Å². The molecule has 0 aliphatic carbocycles. The molecule has 0 saturated carbocycles. The Labute approximate surface area is 152 Å². The summed E-state index contributed by atoms with van der Waals surface area (Å²) in [6, 6.07) is 1.78. The van der Waals surface area contributed by atoms with Crippen LogP contribution in [0.1, 0.15) is 29.8 Å². The minimum absolute atomic E-state index is 0.119. The first kappa shape index (κ1) is 18.6. The molecule has 1 amide bonds. The molecule has 140 valence electrons. The second kappa shape index (κ2) is 6.83. The molecule has 5 nitrogen and oxygen atoms in total. The summed E-state index contributed by atoms with van der Waals surface area (Å²) in [5.74, 6) is -0.119. The molecule has 1 aromatic rings. The van der Waals surface area contributed by atoms with Crippen molar-refractivity contribution >= 4 is 24.7 Å². The lowest BCUT2D eigenvalue weighted by Crippen LogP contribution is -2.50. The minimum atomic E-state index is -3.95. The first-order valence-corrected chi connectivity index (χ1v) is 8.89. The number of fused-ring (bicyclic) bond motifs is 2. The van der Waals surface area contributed by atoms with Crippen LogP contribution in [-0.4, -0.2) is 59.6 Å². The largest absolute Gasteiger partial charge is 0.737 e. The summed E-state index contributed by atoms with van der Waals surface area (Å²) in [7, 11) is 3.86. The zero-order valence-electron chi connectivity index (χ0n) is 15.7. The van der Waals surface area contributed by atoms with E-state index in [0.717, 1.165) is 21.1 Å². The molecule has 0 atom stereocenters. The first-order chi connectivity index (χ1) is 12.2. The summed E-state index contributed by atoms with van der Waals surface area (Å²) in [4.78, 5) is 13.9. The van der Waals surface area contributed by atoms with Crippen molar-refractivity contribution in [3.05, 3.63) is 40.9 Å². The maximum atomic E-state index is 15.2. The lowest BCUT2D eigenvalue weighted by atomic mass is 9.90. The van der Waals surface area contributed by atoms with Crippen molar-refractivity contribution in [1.29, 1.82) is 0 Å². The fourth-order valence-corrected chi connectivity index (χ4v) is 3.65. The fourth-order valence-electron chi connectivity index (χ4n) is 3.65. The fraction of sp³-hybridized carbons (Fsp3) is 0.444. The molecule has 0 radical (unpaired) electrons. The van der Waals surface area contributed by atoms with Crippen molar-refractivity contribution in [2.24, 2.45) is 0 Å². The molecule has 8 heteroatoms. The molecule has 26 heavy (non-hydrogen) atoms. The van der Waals surface area contributed by atoms with Crippen molar-refractivity contribution in [3.8, 4) is 0 Å². The number of aryl methyl sites for hydroxylation is 2. The zero-order chi connectivity index (χ0) is 19.1. The Morgan fingerprint density at radius 1 is 1.31 bits per heavy atom. The van der Waals surface area contributed by atoms with Gasteiger partial charge >= 0.3 is 6.97 Å². The third kappa shape index (κ3) is 3.25. The van der Waals surface area contributed by atoms with Gasteiger partial charge in [0.25, 0.3) is 0 Å². The third-order valence-corrected chi connectivity index (χ3v) is 4.90. The maximum Gasteiger partial charge on any atom is 0.737 e. The van der Waals surface area contributed by atoms with Crippen LogP contribution in [0.5, 0.6) is 0 Å². The van der Waals surface area contributed by atoms with E-state index in [4.69, 9.17) is 0 Å². The molecule has 3 rings (SSSR count). The molecule has 0 bridgehead atoms. The number of carbonyl (C=O) groups is 1. The van der Waals surface area contributed by atoms with Gasteiger partial charge in [-0.15, -0.1) is 0 Å². The van der Waals surface area contributed by atoms with Gasteiger partial charge in [-0.3, -0.25) is 4.79 Å². The normalized spacial score (nSPS) is 17.4. The standard InChI is InChI=1S/C18H25BF2N4O/c1-13-11-14(2)24-17(13)12-16-6-5-15(25(16)19(24,20)21)7-8-18(26)22-9-10-23(3)4/h5-6,11-12H,7-10H2,1-4H3,(H,22,26). The van der Waals surface area contributed by atoms with Gasteiger partial charge in [0.15, 0.2) is 5.70 Å². The molecule has 3 heterocycles. The molecular weight excluding hydrogens is 337 g/mol. The summed E-state index contributed by atoms with van der Waals surface area (Å²) in [5, 5.41) is 2.82. The highest BCUT2D eigenvalue weighted by atomic mass is 19.2. The van der Waals surface area contributed by atoms with Crippen molar-refractivity contribution < 1.29 is 17.9 Å². The molecule has 2 aliphatic heterocycles. The molecule has 0 unspecified atom stereocenters. The SMILES string of the molecule is Cc1cc(C)n2c1C=C1C=CC(CCC(=O)NCCN(C)C)=[N+]1[B-]2(F)F. The molecular formula is C18H25BF2N4O. The number of aromatic nitrogens is 1. The monoisotopic (exact) mass is 362 g/mol. The Bertz CT molecular complexity index is 836. The van der Waals surface area contributed by atoms with Gasteiger partial charge in [-0.2, -0.15) is 0 Å². The van der Waals surface area contributed by atoms with Gasteiger partial charge in [-0.1, -0.05) is 0 Å². The number of carbonyl (C=O) groups excluding carboxylic acids is 1. The molecule has 2 aliphatic rings. The van der Waals surface area contributed by atoms with Crippen LogP contribution in [0.3, 0.4) is 0 Å². The Kier molecular flexibility index (Phi) is 4.88. The summed E-state index contributed by atoms with van der Waals surface area (Å²) >= 11 is 0. The highest BCUT2D eigenvalue weighted by Crippen LogP contribution is 2.34. The number of nitrogens with one attached hydrogen (secondary N) is 1. The van der Waals surface area contributed by atoms with Crippen molar-refractivity contribution in [2.75, 3.05) is 27.2 Å². The van der Waals surface area contributed by atoms with E-state index < -0.39 is 6.97 Å². The van der Waals surface area contributed by atoms with Crippen LogP contribution in [0.15, 0.2) is 23.9 Å². The van der Waals surface area contributed by atoms with Gasteiger partial charge in [0, 0.05) is 49.9 Å². The predicted octanol–water partition coefficient (Wildman–Crippen LogP) is 2.16. The summed E-state index contributed by atoms with van der Waals surface area (Å²) in [6.07, 6.45) is 5.68. The predicted molar refractivity (Wildman–Crippen MR) is 100 cm³/mol. The van der Waals surface area contributed by atoms with Crippen LogP contribution >= 0.6 is 0 Å². The lowest BCUT2D eigenvalue weighted by molar-refractivity contribution is -0.362. The molecule has 0 saturated heterocycles. The van der Waals surface area contributed by atoms with Crippen molar-refractivity contribution in [1.82, 2.24) is 14.7 Å². The Morgan fingerprint density at radius 2 is 2.04 bits per heavy atom. The average Bonchev–Trinajstić information content (AvgIpc) is 3.07. The zero-order valence-corrected chi connectivity index (χ0v) is 15.7. The van der Waals surface area contributed by atoms with E-state index in [9.17, 15) is 4.79 Å². The number of hydrogen-bond donors (Lipinski definition) is 1. The molecule has 0 spiro atoms. The van der Waals surface area contributed by atoms with E-state index in [1.807, 2.05) is 25.9 Å². The first-order valence-electron chi connectivity index (χ1n) is 8.89. The molecule has 0 fully saturated rings. The number of allylic oxidation sites excluding steroid dienone is 2. The van der Waals surface area contributed by atoms with Gasteiger partial charge < -0.3 is 27.8 Å². The Hall–Kier alpha value is -2.22. The van der Waals surface area contributed by atoms with Crippen LogP contribution < -0.4 is 5.32 Å². The number of nitrogens with zero attached hydrogens (tertiary/aromatic N) is 3. The second-order valence-corrected chi connectivity index (χ2v) is 7.23. The van der Waals surface area contributed by atoms with Crippen molar-refractivity contribution in [3.63, 3.8) is 0 Å². The van der Waals surface area contributed by atoms with Gasteiger partial charge in [0.1, 0.15) is 5.71 Å². The summed E-state index contributed by atoms with van der Waals surface area (Å²) < 4.78 is 32.7. The number of halogens is 2. The number of likely N-dealkylation sites (N-methyl/N-ethyl adjacent to an activating group) is 1. The molecule has 0 aromatic carbocycles. The van der Waals surface area contributed by atoms with Crippen LogP contribution in [0.2, 0.25) is 0 Å². The quantitative estimate of drug-likeness (QED) is 0.788. The van der Waals surface area contributed by atoms with Gasteiger partial charge in [-0.25, -0.2) is 0 Å². The smallest absolute Gasteiger partial charge is 0.394 e. The van der Waals surface area contributed by atoms with E-state index >= 15 is 8.63 Å². The van der Waals surface area contributed by atoms with E-state index in [-0.39, 0.29) is 18.7 Å². The Balaban J connectivity index is 1.78. The second-order valence-electron chi connectivity index (χ2n) is 7.23.